The van der Waals surface area contributed by atoms with Gasteiger partial charge in [-0.25, -0.2) is 4.79 Å². The zero-order chi connectivity index (χ0) is 15.6. The summed E-state index contributed by atoms with van der Waals surface area (Å²) in [7, 11) is 0. The van der Waals surface area contributed by atoms with Gasteiger partial charge >= 0.3 is 6.09 Å². The molecule has 114 valence electrons. The second-order valence-electron chi connectivity index (χ2n) is 5.80. The van der Waals surface area contributed by atoms with Gasteiger partial charge in [-0.1, -0.05) is 30.3 Å². The molecule has 1 heterocycles. The maximum atomic E-state index is 12.5. The van der Waals surface area contributed by atoms with Gasteiger partial charge < -0.3 is 4.74 Å². The van der Waals surface area contributed by atoms with Gasteiger partial charge in [0, 0.05) is 28.3 Å². The van der Waals surface area contributed by atoms with E-state index < -0.39 is 17.7 Å². The van der Waals surface area contributed by atoms with Gasteiger partial charge in [-0.3, -0.25) is 9.69 Å². The van der Waals surface area contributed by atoms with Crippen molar-refractivity contribution in [2.24, 2.45) is 0 Å². The lowest BCUT2D eigenvalue weighted by molar-refractivity contribution is -0.113. The number of rotatable bonds is 2. The first-order valence-electron chi connectivity index (χ1n) is 6.67. The number of carbonyl (C=O) groups excluding carboxylic acids is 2. The van der Waals surface area contributed by atoms with Crippen molar-refractivity contribution in [2.75, 3.05) is 5.75 Å². The van der Waals surface area contributed by atoms with Crippen molar-refractivity contribution < 1.29 is 14.3 Å². The fourth-order valence-corrected chi connectivity index (χ4v) is 4.33. The molecule has 21 heavy (non-hydrogen) atoms. The minimum Gasteiger partial charge on any atom is -0.444 e. The van der Waals surface area contributed by atoms with Crippen LogP contribution in [0.5, 0.6) is 0 Å². The Bertz CT molecular complexity index is 529. The smallest absolute Gasteiger partial charge is 0.412 e. The Labute approximate surface area is 142 Å². The average Bonchev–Trinajstić information content (AvgIpc) is 2.82. The molecule has 1 aliphatic heterocycles. The summed E-state index contributed by atoms with van der Waals surface area (Å²) >= 11 is 3.35. The van der Waals surface area contributed by atoms with Crippen molar-refractivity contribution in [1.82, 2.24) is 4.90 Å². The number of halogens is 1. The monoisotopic (exact) mass is 419 g/mol. The summed E-state index contributed by atoms with van der Waals surface area (Å²) in [4.78, 5) is 25.9. The summed E-state index contributed by atoms with van der Waals surface area (Å²) in [6, 6.07) is 9.30. The fraction of sp³-hybridized carbons (Fsp3) is 0.467. The third kappa shape index (κ3) is 4.12. The lowest BCUT2D eigenvalue weighted by Crippen LogP contribution is -2.44. The van der Waals surface area contributed by atoms with Crippen molar-refractivity contribution in [2.45, 2.75) is 37.8 Å². The standard InChI is InChI=1S/C15H18INO3S/c1-15(2,3)20-14(19)17-11(12(16)18)9-21-13(17)10-7-5-4-6-8-10/h4-8,11,13H,9H2,1-3H3/t11-,13?/m0/s1. The van der Waals surface area contributed by atoms with E-state index in [2.05, 4.69) is 0 Å². The molecule has 0 radical (unpaired) electrons. The first kappa shape index (κ1) is 16.6. The number of amides is 1. The van der Waals surface area contributed by atoms with Crippen LogP contribution in [-0.4, -0.2) is 32.2 Å². The van der Waals surface area contributed by atoms with Crippen molar-refractivity contribution in [3.63, 3.8) is 0 Å². The van der Waals surface area contributed by atoms with Crippen LogP contribution in [-0.2, 0) is 9.53 Å². The molecule has 0 aliphatic carbocycles. The minimum atomic E-state index is -0.579. The highest BCUT2D eigenvalue weighted by molar-refractivity contribution is 14.1. The molecule has 0 bridgehead atoms. The second kappa shape index (κ2) is 6.56. The van der Waals surface area contributed by atoms with Gasteiger partial charge in [0.25, 0.3) is 0 Å². The number of nitrogens with zero attached hydrogens (tertiary/aromatic N) is 1. The molecule has 1 aromatic rings. The predicted molar refractivity (Wildman–Crippen MR) is 92.5 cm³/mol. The van der Waals surface area contributed by atoms with Crippen LogP contribution < -0.4 is 0 Å². The molecule has 0 aromatic heterocycles. The molecule has 0 saturated carbocycles. The molecule has 6 heteroatoms. The third-order valence-electron chi connectivity index (χ3n) is 2.95. The van der Waals surface area contributed by atoms with Gasteiger partial charge in [0.2, 0.25) is 3.79 Å². The molecular weight excluding hydrogens is 401 g/mol. The Kier molecular flexibility index (Phi) is 5.19. The van der Waals surface area contributed by atoms with Crippen LogP contribution >= 0.6 is 34.4 Å². The van der Waals surface area contributed by atoms with Gasteiger partial charge in [0.15, 0.2) is 0 Å². The summed E-state index contributed by atoms with van der Waals surface area (Å²) < 4.78 is 5.43. The first-order valence-corrected chi connectivity index (χ1v) is 8.79. The number of benzene rings is 1. The molecule has 2 atom stereocenters. The average molecular weight is 419 g/mol. The predicted octanol–water partition coefficient (Wildman–Crippen LogP) is 4.00. The Balaban J connectivity index is 2.29. The summed E-state index contributed by atoms with van der Waals surface area (Å²) in [6.07, 6.45) is -0.434. The molecule has 1 amide bonds. The zero-order valence-electron chi connectivity index (χ0n) is 12.2. The Morgan fingerprint density at radius 3 is 2.43 bits per heavy atom. The summed E-state index contributed by atoms with van der Waals surface area (Å²) in [6.45, 7) is 5.48. The Morgan fingerprint density at radius 1 is 1.29 bits per heavy atom. The van der Waals surface area contributed by atoms with E-state index in [9.17, 15) is 9.59 Å². The molecule has 1 unspecified atom stereocenters. The topological polar surface area (TPSA) is 46.6 Å². The van der Waals surface area contributed by atoms with Gasteiger partial charge in [0.05, 0.1) is 0 Å². The van der Waals surface area contributed by atoms with Gasteiger partial charge in [-0.15, -0.1) is 11.8 Å². The van der Waals surface area contributed by atoms with E-state index in [1.54, 1.807) is 39.3 Å². The Hall–Kier alpha value is -0.760. The van der Waals surface area contributed by atoms with E-state index in [0.29, 0.717) is 5.75 Å². The molecule has 1 saturated heterocycles. The molecule has 2 rings (SSSR count). The lowest BCUT2D eigenvalue weighted by atomic mass is 10.2. The number of thioether (sulfide) groups is 1. The molecular formula is C15H18INO3S. The quantitative estimate of drug-likeness (QED) is 0.537. The van der Waals surface area contributed by atoms with Gasteiger partial charge in [-0.05, 0) is 26.3 Å². The van der Waals surface area contributed by atoms with Crippen molar-refractivity contribution >= 4 is 44.2 Å². The van der Waals surface area contributed by atoms with E-state index in [4.69, 9.17) is 4.74 Å². The minimum absolute atomic E-state index is 0.0376. The maximum absolute atomic E-state index is 12.5. The van der Waals surface area contributed by atoms with Crippen molar-refractivity contribution in [3.05, 3.63) is 35.9 Å². The molecule has 1 aromatic carbocycles. The number of hydrogen-bond donors (Lipinski definition) is 0. The van der Waals surface area contributed by atoms with E-state index in [-0.39, 0.29) is 9.16 Å². The zero-order valence-corrected chi connectivity index (χ0v) is 15.2. The highest BCUT2D eigenvalue weighted by atomic mass is 127. The van der Waals surface area contributed by atoms with Crippen LogP contribution in [0.1, 0.15) is 31.7 Å². The molecule has 0 spiro atoms. The van der Waals surface area contributed by atoms with Gasteiger partial charge in [0.1, 0.15) is 17.0 Å². The Morgan fingerprint density at radius 2 is 1.90 bits per heavy atom. The van der Waals surface area contributed by atoms with E-state index in [1.165, 1.54) is 0 Å². The molecule has 1 aliphatic rings. The summed E-state index contributed by atoms with van der Waals surface area (Å²) in [5, 5.41) is -0.176. The largest absolute Gasteiger partial charge is 0.444 e. The van der Waals surface area contributed by atoms with Crippen LogP contribution in [0.2, 0.25) is 0 Å². The van der Waals surface area contributed by atoms with E-state index >= 15 is 0 Å². The summed E-state index contributed by atoms with van der Waals surface area (Å²) in [5.41, 5.74) is 0.429. The highest BCUT2D eigenvalue weighted by Crippen LogP contribution is 2.42. The van der Waals surface area contributed by atoms with Crippen LogP contribution in [0, 0.1) is 0 Å². The van der Waals surface area contributed by atoms with Gasteiger partial charge in [-0.2, -0.15) is 0 Å². The second-order valence-corrected chi connectivity index (χ2v) is 7.98. The fourth-order valence-electron chi connectivity index (χ4n) is 2.09. The maximum Gasteiger partial charge on any atom is 0.412 e. The SMILES string of the molecule is CC(C)(C)OC(=O)N1C(c2ccccc2)SC[C@H]1C(=O)I. The third-order valence-corrected chi connectivity index (χ3v) is 4.99. The summed E-state index contributed by atoms with van der Waals surface area (Å²) in [5.74, 6) is 0.598. The van der Waals surface area contributed by atoms with Crippen LogP contribution in [0.3, 0.4) is 0 Å². The van der Waals surface area contributed by atoms with Crippen LogP contribution in [0.25, 0.3) is 0 Å². The van der Waals surface area contributed by atoms with Crippen LogP contribution in [0.4, 0.5) is 4.79 Å². The normalized spacial score (nSPS) is 22.2. The van der Waals surface area contributed by atoms with Crippen molar-refractivity contribution in [3.8, 4) is 0 Å². The number of hydrogen-bond acceptors (Lipinski definition) is 4. The molecule has 0 N–H and O–H groups in total. The highest BCUT2D eigenvalue weighted by Gasteiger charge is 2.43. The first-order chi connectivity index (χ1) is 9.79. The number of carbonyl (C=O) groups is 2. The van der Waals surface area contributed by atoms with Crippen molar-refractivity contribution in [1.29, 1.82) is 0 Å². The molecule has 1 fully saturated rings. The number of ether oxygens (including phenoxy) is 1. The van der Waals surface area contributed by atoms with E-state index in [1.807, 2.05) is 51.1 Å². The van der Waals surface area contributed by atoms with Crippen LogP contribution in [0.15, 0.2) is 30.3 Å². The molecule has 4 nitrogen and oxygen atoms in total. The lowest BCUT2D eigenvalue weighted by Gasteiger charge is -2.30. The van der Waals surface area contributed by atoms with E-state index in [0.717, 1.165) is 5.56 Å².